The Morgan fingerprint density at radius 3 is 2.54 bits per heavy atom. The molecule has 2 rings (SSSR count). The number of carbonyl (C=O) groups is 1. The third-order valence-electron chi connectivity index (χ3n) is 4.79. The number of nitrogens with one attached hydrogen (secondary N) is 2. The second-order valence-electron chi connectivity index (χ2n) is 8.55. The molecule has 0 bridgehead atoms. The molecule has 1 saturated heterocycles. The monoisotopic (exact) mass is 397 g/mol. The van der Waals surface area contributed by atoms with Crippen LogP contribution in [-0.4, -0.2) is 92.0 Å². The smallest absolute Gasteiger partial charge is 0.410 e. The van der Waals surface area contributed by atoms with Crippen LogP contribution in [0.15, 0.2) is 4.99 Å². The van der Waals surface area contributed by atoms with Crippen molar-refractivity contribution in [2.45, 2.75) is 65.1 Å². The first kappa shape index (κ1) is 22.7. The minimum atomic E-state index is -0.469. The lowest BCUT2D eigenvalue weighted by Crippen LogP contribution is -2.46. The molecule has 8 heteroatoms. The Bertz CT molecular complexity index is 510. The average Bonchev–Trinajstić information content (AvgIpc) is 3.47. The summed E-state index contributed by atoms with van der Waals surface area (Å²) in [5, 5.41) is 6.64. The first-order chi connectivity index (χ1) is 13.3. The summed E-state index contributed by atoms with van der Waals surface area (Å²) in [6, 6.07) is 0.696. The number of ether oxygens (including phenoxy) is 2. The van der Waals surface area contributed by atoms with Gasteiger partial charge in [-0.15, -0.1) is 0 Å². The van der Waals surface area contributed by atoms with Crippen LogP contribution in [0.5, 0.6) is 0 Å². The highest BCUT2D eigenvalue weighted by Gasteiger charge is 2.34. The Morgan fingerprint density at radius 1 is 1.29 bits per heavy atom. The molecule has 28 heavy (non-hydrogen) atoms. The average molecular weight is 398 g/mol. The summed E-state index contributed by atoms with van der Waals surface area (Å²) >= 11 is 0. The number of guanidine groups is 1. The summed E-state index contributed by atoms with van der Waals surface area (Å²) in [4.78, 5) is 21.4. The van der Waals surface area contributed by atoms with E-state index in [9.17, 15) is 4.79 Å². The zero-order valence-corrected chi connectivity index (χ0v) is 18.3. The Labute approximate surface area is 170 Å². The summed E-state index contributed by atoms with van der Waals surface area (Å²) < 4.78 is 11.0. The van der Waals surface area contributed by atoms with Crippen LogP contribution in [0, 0.1) is 0 Å². The number of rotatable bonds is 8. The van der Waals surface area contributed by atoms with Crippen LogP contribution in [0.25, 0.3) is 0 Å². The fourth-order valence-electron chi connectivity index (χ4n) is 3.12. The van der Waals surface area contributed by atoms with Gasteiger partial charge in [0.15, 0.2) is 5.96 Å². The molecule has 0 spiro atoms. The van der Waals surface area contributed by atoms with Crippen LogP contribution in [0.3, 0.4) is 0 Å². The number of morpholine rings is 1. The van der Waals surface area contributed by atoms with Crippen LogP contribution in [0.2, 0.25) is 0 Å². The van der Waals surface area contributed by atoms with Gasteiger partial charge in [0.05, 0.1) is 19.8 Å². The van der Waals surface area contributed by atoms with Gasteiger partial charge in [0.1, 0.15) is 5.60 Å². The van der Waals surface area contributed by atoms with Crippen LogP contribution >= 0.6 is 0 Å². The zero-order valence-electron chi connectivity index (χ0n) is 18.3. The number of carbonyl (C=O) groups excluding carboxylic acids is 1. The molecule has 1 saturated carbocycles. The van der Waals surface area contributed by atoms with Crippen molar-refractivity contribution < 1.29 is 14.3 Å². The Hall–Kier alpha value is -1.54. The summed E-state index contributed by atoms with van der Waals surface area (Å²) in [5.41, 5.74) is -0.469. The molecular weight excluding hydrogens is 358 g/mol. The van der Waals surface area contributed by atoms with Gasteiger partial charge in [0.25, 0.3) is 0 Å². The largest absolute Gasteiger partial charge is 0.444 e. The Morgan fingerprint density at radius 2 is 1.96 bits per heavy atom. The van der Waals surface area contributed by atoms with E-state index in [1.807, 2.05) is 25.7 Å². The SMILES string of the molecule is CCNC(=NCC(C)N1CCOCC1)NCCN(C(=O)OC(C)(C)C)C1CC1. The van der Waals surface area contributed by atoms with Crippen molar-refractivity contribution in [2.75, 3.05) is 52.5 Å². The van der Waals surface area contributed by atoms with Crippen molar-refractivity contribution in [3.8, 4) is 0 Å². The van der Waals surface area contributed by atoms with Gasteiger partial charge >= 0.3 is 6.09 Å². The number of aliphatic imine (C=N–C) groups is 1. The molecule has 1 unspecified atom stereocenters. The van der Waals surface area contributed by atoms with E-state index in [0.29, 0.717) is 25.2 Å². The maximum Gasteiger partial charge on any atom is 0.410 e. The first-order valence-corrected chi connectivity index (χ1v) is 10.6. The van der Waals surface area contributed by atoms with Crippen LogP contribution in [0.4, 0.5) is 4.79 Å². The lowest BCUT2D eigenvalue weighted by molar-refractivity contribution is 0.0220. The molecule has 2 N–H and O–H groups in total. The van der Waals surface area contributed by atoms with Gasteiger partial charge in [-0.05, 0) is 47.5 Å². The quantitative estimate of drug-likeness (QED) is 0.479. The van der Waals surface area contributed by atoms with Crippen LogP contribution < -0.4 is 10.6 Å². The number of hydrogen-bond donors (Lipinski definition) is 2. The van der Waals surface area contributed by atoms with Crippen molar-refractivity contribution in [1.82, 2.24) is 20.4 Å². The highest BCUT2D eigenvalue weighted by atomic mass is 16.6. The predicted molar refractivity (Wildman–Crippen MR) is 112 cm³/mol. The molecule has 1 atom stereocenters. The molecular formula is C20H39N5O3. The van der Waals surface area contributed by atoms with Gasteiger partial charge in [0, 0.05) is 44.8 Å². The van der Waals surface area contributed by atoms with Gasteiger partial charge in [-0.3, -0.25) is 9.89 Å². The fraction of sp³-hybridized carbons (Fsp3) is 0.900. The van der Waals surface area contributed by atoms with Crippen molar-refractivity contribution in [2.24, 2.45) is 4.99 Å². The third kappa shape index (κ3) is 8.22. The molecule has 0 aromatic rings. The topological polar surface area (TPSA) is 78.4 Å². The normalized spacial score (nSPS) is 19.8. The van der Waals surface area contributed by atoms with E-state index in [4.69, 9.17) is 14.5 Å². The Kier molecular flexibility index (Phi) is 8.82. The van der Waals surface area contributed by atoms with E-state index in [1.54, 1.807) is 0 Å². The van der Waals surface area contributed by atoms with Crippen molar-refractivity contribution in [1.29, 1.82) is 0 Å². The second kappa shape index (κ2) is 10.9. The highest BCUT2D eigenvalue weighted by Crippen LogP contribution is 2.28. The minimum absolute atomic E-state index is 0.223. The summed E-state index contributed by atoms with van der Waals surface area (Å²) in [6.07, 6.45) is 1.90. The number of hydrogen-bond acceptors (Lipinski definition) is 5. The highest BCUT2D eigenvalue weighted by molar-refractivity contribution is 5.79. The van der Waals surface area contributed by atoms with Gasteiger partial charge in [-0.1, -0.05) is 0 Å². The second-order valence-corrected chi connectivity index (χ2v) is 8.55. The van der Waals surface area contributed by atoms with E-state index < -0.39 is 5.60 Å². The Balaban J connectivity index is 1.81. The molecule has 2 fully saturated rings. The minimum Gasteiger partial charge on any atom is -0.444 e. The van der Waals surface area contributed by atoms with Crippen LogP contribution in [0.1, 0.15) is 47.5 Å². The van der Waals surface area contributed by atoms with Crippen molar-refractivity contribution in [3.05, 3.63) is 0 Å². The van der Waals surface area contributed by atoms with Crippen molar-refractivity contribution in [3.63, 3.8) is 0 Å². The van der Waals surface area contributed by atoms with Gasteiger partial charge in [0.2, 0.25) is 0 Å². The van der Waals surface area contributed by atoms with E-state index in [0.717, 1.165) is 58.2 Å². The number of nitrogens with zero attached hydrogens (tertiary/aromatic N) is 3. The van der Waals surface area contributed by atoms with E-state index in [2.05, 4.69) is 29.4 Å². The molecule has 162 valence electrons. The predicted octanol–water partition coefficient (Wildman–Crippen LogP) is 1.66. The van der Waals surface area contributed by atoms with E-state index >= 15 is 0 Å². The maximum atomic E-state index is 12.4. The van der Waals surface area contributed by atoms with Gasteiger partial charge in [-0.2, -0.15) is 0 Å². The maximum absolute atomic E-state index is 12.4. The van der Waals surface area contributed by atoms with Gasteiger partial charge < -0.3 is 25.0 Å². The molecule has 1 amide bonds. The van der Waals surface area contributed by atoms with Crippen molar-refractivity contribution >= 4 is 12.1 Å². The summed E-state index contributed by atoms with van der Waals surface area (Å²) in [6.45, 7) is 16.3. The molecule has 1 heterocycles. The number of amides is 1. The first-order valence-electron chi connectivity index (χ1n) is 10.6. The molecule has 8 nitrogen and oxygen atoms in total. The summed E-state index contributed by atoms with van der Waals surface area (Å²) in [5.74, 6) is 0.794. The molecule has 0 aromatic heterocycles. The zero-order chi connectivity index (χ0) is 20.6. The lowest BCUT2D eigenvalue weighted by atomic mass is 10.2. The molecule has 0 radical (unpaired) electrons. The molecule has 1 aliphatic carbocycles. The molecule has 2 aliphatic rings. The van der Waals surface area contributed by atoms with Crippen LogP contribution in [-0.2, 0) is 9.47 Å². The lowest BCUT2D eigenvalue weighted by Gasteiger charge is -2.31. The molecule has 1 aliphatic heterocycles. The van der Waals surface area contributed by atoms with E-state index in [-0.39, 0.29) is 6.09 Å². The standard InChI is InChI=1S/C20H39N5O3/c1-6-21-18(23-15-16(2)24-11-13-27-14-12-24)22-9-10-25(17-7-8-17)19(26)28-20(3,4)5/h16-17H,6-15H2,1-5H3,(H2,21,22,23). The fourth-order valence-corrected chi connectivity index (χ4v) is 3.12. The van der Waals surface area contributed by atoms with E-state index in [1.165, 1.54) is 0 Å². The van der Waals surface area contributed by atoms with Gasteiger partial charge in [-0.25, -0.2) is 4.79 Å². The third-order valence-corrected chi connectivity index (χ3v) is 4.79. The molecule has 0 aromatic carbocycles. The summed E-state index contributed by atoms with van der Waals surface area (Å²) in [7, 11) is 0.